The summed E-state index contributed by atoms with van der Waals surface area (Å²) in [4.78, 5) is 12.2. The van der Waals surface area contributed by atoms with Gasteiger partial charge in [0.1, 0.15) is 0 Å². The number of rotatable bonds is 3. The summed E-state index contributed by atoms with van der Waals surface area (Å²) in [7, 11) is 0. The molecule has 1 aliphatic rings. The van der Waals surface area contributed by atoms with E-state index in [-0.39, 0.29) is 18.0 Å². The highest BCUT2D eigenvalue weighted by atomic mass is 79.9. The highest BCUT2D eigenvalue weighted by molar-refractivity contribution is 9.10. The van der Waals surface area contributed by atoms with E-state index in [2.05, 4.69) is 26.6 Å². The van der Waals surface area contributed by atoms with Crippen LogP contribution in [0.15, 0.2) is 28.7 Å². The number of amides is 1. The second-order valence-corrected chi connectivity index (χ2v) is 6.05. The predicted molar refractivity (Wildman–Crippen MR) is 81.0 cm³/mol. The standard InChI is InChI=1S/C15H21BrN2O/c1-11(12-6-8-13(16)9-7-12)18-15(19)14-5-3-2-4-10-17-14/h6-9,11,14,17H,2-5,10H2,1H3,(H,18,19). The molecule has 1 amide bonds. The largest absolute Gasteiger partial charge is 0.348 e. The minimum absolute atomic E-state index is 0.0274. The molecule has 0 saturated carbocycles. The van der Waals surface area contributed by atoms with Gasteiger partial charge < -0.3 is 10.6 Å². The molecule has 3 nitrogen and oxygen atoms in total. The molecule has 0 aliphatic carbocycles. The van der Waals surface area contributed by atoms with Crippen molar-refractivity contribution in [3.63, 3.8) is 0 Å². The molecule has 104 valence electrons. The first-order chi connectivity index (χ1) is 9.16. The van der Waals surface area contributed by atoms with Gasteiger partial charge in [0.15, 0.2) is 0 Å². The van der Waals surface area contributed by atoms with Crippen LogP contribution in [0.5, 0.6) is 0 Å². The molecule has 1 saturated heterocycles. The number of hydrogen-bond acceptors (Lipinski definition) is 2. The Labute approximate surface area is 123 Å². The molecular formula is C15H21BrN2O. The minimum atomic E-state index is -0.0274. The van der Waals surface area contributed by atoms with Gasteiger partial charge in [-0.25, -0.2) is 0 Å². The second kappa shape index (κ2) is 7.06. The van der Waals surface area contributed by atoms with Crippen LogP contribution >= 0.6 is 15.9 Å². The van der Waals surface area contributed by atoms with E-state index in [1.54, 1.807) is 0 Å². The molecule has 1 aromatic rings. The molecule has 1 aliphatic heterocycles. The number of carbonyl (C=O) groups is 1. The van der Waals surface area contributed by atoms with Gasteiger partial charge >= 0.3 is 0 Å². The van der Waals surface area contributed by atoms with Gasteiger partial charge in [0.2, 0.25) is 5.91 Å². The molecule has 2 atom stereocenters. The van der Waals surface area contributed by atoms with Gasteiger partial charge in [-0.05, 0) is 44.0 Å². The van der Waals surface area contributed by atoms with Crippen molar-refractivity contribution in [3.05, 3.63) is 34.3 Å². The lowest BCUT2D eigenvalue weighted by Crippen LogP contribution is -2.44. The Morgan fingerprint density at radius 1 is 1.32 bits per heavy atom. The summed E-state index contributed by atoms with van der Waals surface area (Å²) < 4.78 is 1.06. The molecule has 1 aromatic carbocycles. The summed E-state index contributed by atoms with van der Waals surface area (Å²) in [6.07, 6.45) is 4.47. The van der Waals surface area contributed by atoms with Crippen LogP contribution < -0.4 is 10.6 Å². The minimum Gasteiger partial charge on any atom is -0.348 e. The number of halogens is 1. The van der Waals surface area contributed by atoms with Crippen LogP contribution in [0, 0.1) is 0 Å². The molecule has 0 radical (unpaired) electrons. The molecular weight excluding hydrogens is 304 g/mol. The molecule has 4 heteroatoms. The van der Waals surface area contributed by atoms with Gasteiger partial charge in [-0.3, -0.25) is 4.79 Å². The van der Waals surface area contributed by atoms with Crippen molar-refractivity contribution in [2.24, 2.45) is 0 Å². The van der Waals surface area contributed by atoms with Crippen LogP contribution in [0.1, 0.15) is 44.2 Å². The first-order valence-electron chi connectivity index (χ1n) is 6.96. The maximum Gasteiger partial charge on any atom is 0.237 e. The van der Waals surface area contributed by atoms with Gasteiger partial charge in [-0.1, -0.05) is 40.9 Å². The van der Waals surface area contributed by atoms with Crippen molar-refractivity contribution in [2.75, 3.05) is 6.54 Å². The van der Waals surface area contributed by atoms with Crippen molar-refractivity contribution in [1.29, 1.82) is 0 Å². The maximum atomic E-state index is 12.2. The summed E-state index contributed by atoms with van der Waals surface area (Å²) in [6.45, 7) is 2.97. The Morgan fingerprint density at radius 3 is 2.79 bits per heavy atom. The summed E-state index contributed by atoms with van der Waals surface area (Å²) in [5.74, 6) is 0.123. The quantitative estimate of drug-likeness (QED) is 0.896. The van der Waals surface area contributed by atoms with Crippen LogP contribution in [0.4, 0.5) is 0 Å². The second-order valence-electron chi connectivity index (χ2n) is 5.14. The molecule has 2 N–H and O–H groups in total. The van der Waals surface area contributed by atoms with Gasteiger partial charge in [0, 0.05) is 4.47 Å². The number of benzene rings is 1. The average molecular weight is 325 g/mol. The molecule has 2 rings (SSSR count). The zero-order chi connectivity index (χ0) is 13.7. The van der Waals surface area contributed by atoms with Crippen molar-refractivity contribution < 1.29 is 4.79 Å². The van der Waals surface area contributed by atoms with E-state index >= 15 is 0 Å². The summed E-state index contributed by atoms with van der Waals surface area (Å²) in [5.41, 5.74) is 1.13. The van der Waals surface area contributed by atoms with Crippen molar-refractivity contribution in [3.8, 4) is 0 Å². The van der Waals surface area contributed by atoms with Gasteiger partial charge in [-0.15, -0.1) is 0 Å². The van der Waals surface area contributed by atoms with Crippen LogP contribution in [-0.2, 0) is 4.79 Å². The topological polar surface area (TPSA) is 41.1 Å². The lowest BCUT2D eigenvalue weighted by atomic mass is 10.1. The van der Waals surface area contributed by atoms with Gasteiger partial charge in [-0.2, -0.15) is 0 Å². The number of nitrogens with one attached hydrogen (secondary N) is 2. The van der Waals surface area contributed by atoms with E-state index < -0.39 is 0 Å². The first kappa shape index (κ1) is 14.5. The molecule has 2 unspecified atom stereocenters. The summed E-state index contributed by atoms with van der Waals surface area (Å²) in [5, 5.41) is 6.42. The molecule has 0 aromatic heterocycles. The molecule has 1 heterocycles. The molecule has 0 spiro atoms. The van der Waals surface area contributed by atoms with Crippen LogP contribution in [0.25, 0.3) is 0 Å². The van der Waals surface area contributed by atoms with E-state index in [4.69, 9.17) is 0 Å². The summed E-state index contributed by atoms with van der Waals surface area (Å²) in [6, 6.07) is 8.10. The highest BCUT2D eigenvalue weighted by Gasteiger charge is 2.21. The normalized spacial score (nSPS) is 21.5. The lowest BCUT2D eigenvalue weighted by molar-refractivity contribution is -0.123. The zero-order valence-electron chi connectivity index (χ0n) is 11.3. The van der Waals surface area contributed by atoms with Crippen LogP contribution in [0.3, 0.4) is 0 Å². The molecule has 19 heavy (non-hydrogen) atoms. The Balaban J connectivity index is 1.92. The fraction of sp³-hybridized carbons (Fsp3) is 0.533. The smallest absolute Gasteiger partial charge is 0.237 e. The fourth-order valence-electron chi connectivity index (χ4n) is 2.40. The highest BCUT2D eigenvalue weighted by Crippen LogP contribution is 2.17. The third-order valence-corrected chi connectivity index (χ3v) is 4.13. The Hall–Kier alpha value is -0.870. The lowest BCUT2D eigenvalue weighted by Gasteiger charge is -2.20. The van der Waals surface area contributed by atoms with Crippen LogP contribution in [-0.4, -0.2) is 18.5 Å². The van der Waals surface area contributed by atoms with Crippen LogP contribution in [0.2, 0.25) is 0 Å². The average Bonchev–Trinajstić information content (AvgIpc) is 2.68. The van der Waals surface area contributed by atoms with Gasteiger partial charge in [0.05, 0.1) is 12.1 Å². The first-order valence-corrected chi connectivity index (χ1v) is 7.75. The molecule has 1 fully saturated rings. The fourth-order valence-corrected chi connectivity index (χ4v) is 2.67. The monoisotopic (exact) mass is 324 g/mol. The van der Waals surface area contributed by atoms with E-state index in [0.717, 1.165) is 29.4 Å². The Bertz CT molecular complexity index is 411. The number of carbonyl (C=O) groups excluding carboxylic acids is 1. The number of hydrogen-bond donors (Lipinski definition) is 2. The van der Waals surface area contributed by atoms with Crippen molar-refractivity contribution >= 4 is 21.8 Å². The van der Waals surface area contributed by atoms with Crippen molar-refractivity contribution in [1.82, 2.24) is 10.6 Å². The zero-order valence-corrected chi connectivity index (χ0v) is 12.9. The third-order valence-electron chi connectivity index (χ3n) is 3.61. The van der Waals surface area contributed by atoms with E-state index in [0.29, 0.717) is 0 Å². The SMILES string of the molecule is CC(NC(=O)C1CCCCCN1)c1ccc(Br)cc1. The van der Waals surface area contributed by atoms with E-state index in [1.807, 2.05) is 31.2 Å². The third kappa shape index (κ3) is 4.32. The Kier molecular flexibility index (Phi) is 5.40. The predicted octanol–water partition coefficient (Wildman–Crippen LogP) is 3.16. The summed E-state index contributed by atoms with van der Waals surface area (Å²) >= 11 is 3.42. The van der Waals surface area contributed by atoms with E-state index in [1.165, 1.54) is 12.8 Å². The maximum absolute atomic E-state index is 12.2. The molecule has 0 bridgehead atoms. The van der Waals surface area contributed by atoms with E-state index in [9.17, 15) is 4.79 Å². The van der Waals surface area contributed by atoms with Gasteiger partial charge in [0.25, 0.3) is 0 Å². The van der Waals surface area contributed by atoms with Crippen molar-refractivity contribution in [2.45, 2.75) is 44.7 Å². The Morgan fingerprint density at radius 2 is 2.05 bits per heavy atom.